The zero-order chi connectivity index (χ0) is 21.3. The number of aromatic nitrogens is 2. The highest BCUT2D eigenvalue weighted by molar-refractivity contribution is 8.00. The lowest BCUT2D eigenvalue weighted by Crippen LogP contribution is -2.15. The number of hydrogen-bond donors (Lipinski definition) is 1. The molecule has 154 valence electrons. The Labute approximate surface area is 179 Å². The Hall–Kier alpha value is -3.06. The number of hydrogen-bond acceptors (Lipinski definition) is 5. The number of nitrogens with zero attached hydrogens (tertiary/aromatic N) is 2. The Balaban J connectivity index is 1.78. The number of fused-ring (bicyclic) bond motifs is 1. The molecule has 1 aliphatic rings. The van der Waals surface area contributed by atoms with Crippen molar-refractivity contribution in [1.82, 2.24) is 9.78 Å². The lowest BCUT2D eigenvalue weighted by molar-refractivity contribution is -0.113. The van der Waals surface area contributed by atoms with Gasteiger partial charge in [-0.05, 0) is 48.7 Å². The van der Waals surface area contributed by atoms with Gasteiger partial charge in [0.15, 0.2) is 0 Å². The number of amides is 1. The third-order valence-corrected chi connectivity index (χ3v) is 6.50. The number of ether oxygens (including phenoxy) is 1. The van der Waals surface area contributed by atoms with E-state index in [2.05, 4.69) is 24.4 Å². The lowest BCUT2D eigenvalue weighted by atomic mass is 10.0. The molecule has 3 aromatic rings. The monoisotopic (exact) mass is 421 g/mol. The van der Waals surface area contributed by atoms with Crippen molar-refractivity contribution in [2.24, 2.45) is 0 Å². The highest BCUT2D eigenvalue weighted by atomic mass is 32.2. The van der Waals surface area contributed by atoms with Crippen LogP contribution in [0.2, 0.25) is 0 Å². The summed E-state index contributed by atoms with van der Waals surface area (Å²) in [4.78, 5) is 24.2. The molecule has 0 saturated carbocycles. The van der Waals surface area contributed by atoms with Crippen molar-refractivity contribution in [3.05, 3.63) is 76.5 Å². The first-order valence-electron chi connectivity index (χ1n) is 9.80. The average molecular weight is 422 g/mol. The lowest BCUT2D eigenvalue weighted by Gasteiger charge is -2.16. The highest BCUT2D eigenvalue weighted by Crippen LogP contribution is 2.43. The van der Waals surface area contributed by atoms with Crippen molar-refractivity contribution in [2.45, 2.75) is 25.5 Å². The fourth-order valence-electron chi connectivity index (χ4n) is 3.62. The quantitative estimate of drug-likeness (QED) is 0.636. The van der Waals surface area contributed by atoms with Crippen LogP contribution in [0.4, 0.5) is 5.82 Å². The van der Waals surface area contributed by atoms with Gasteiger partial charge in [-0.2, -0.15) is 5.10 Å². The molecule has 4 rings (SSSR count). The van der Waals surface area contributed by atoms with Crippen LogP contribution in [0.3, 0.4) is 0 Å². The smallest absolute Gasteiger partial charge is 0.337 e. The SMILES string of the molecule is CCc1ccc(-n2nc(C)c3c2NC(=O)CS[C@H]3c2ccc(C(=O)OC)cc2)cc1. The summed E-state index contributed by atoms with van der Waals surface area (Å²) in [6.07, 6.45) is 0.966. The molecular weight excluding hydrogens is 398 g/mol. The van der Waals surface area contributed by atoms with Crippen molar-refractivity contribution in [2.75, 3.05) is 18.2 Å². The molecule has 1 aliphatic heterocycles. The molecule has 0 spiro atoms. The van der Waals surface area contributed by atoms with E-state index in [0.717, 1.165) is 28.9 Å². The van der Waals surface area contributed by atoms with Gasteiger partial charge in [-0.15, -0.1) is 11.8 Å². The van der Waals surface area contributed by atoms with Gasteiger partial charge in [0.2, 0.25) is 5.91 Å². The maximum Gasteiger partial charge on any atom is 0.337 e. The summed E-state index contributed by atoms with van der Waals surface area (Å²) in [5, 5.41) is 7.71. The minimum Gasteiger partial charge on any atom is -0.465 e. The molecule has 0 saturated heterocycles. The summed E-state index contributed by atoms with van der Waals surface area (Å²) in [5.41, 5.74) is 5.50. The average Bonchev–Trinajstić information content (AvgIpc) is 2.98. The zero-order valence-corrected chi connectivity index (χ0v) is 18.0. The van der Waals surface area contributed by atoms with Gasteiger partial charge in [-0.3, -0.25) is 4.79 Å². The van der Waals surface area contributed by atoms with E-state index in [9.17, 15) is 9.59 Å². The predicted molar refractivity (Wildman–Crippen MR) is 118 cm³/mol. The molecule has 0 aliphatic carbocycles. The molecular formula is C23H23N3O3S. The Morgan fingerprint density at radius 3 is 2.53 bits per heavy atom. The molecule has 6 nitrogen and oxygen atoms in total. The number of esters is 1. The van der Waals surface area contributed by atoms with Crippen LogP contribution in [-0.2, 0) is 16.0 Å². The largest absolute Gasteiger partial charge is 0.465 e. The van der Waals surface area contributed by atoms with Gasteiger partial charge < -0.3 is 10.1 Å². The first-order valence-corrected chi connectivity index (χ1v) is 10.8. The third-order valence-electron chi connectivity index (χ3n) is 5.23. The minimum atomic E-state index is -0.368. The van der Waals surface area contributed by atoms with Crippen LogP contribution in [0.15, 0.2) is 48.5 Å². The van der Waals surface area contributed by atoms with Gasteiger partial charge in [0.05, 0.1) is 35.1 Å². The zero-order valence-electron chi connectivity index (χ0n) is 17.1. The second-order valence-corrected chi connectivity index (χ2v) is 8.23. The van der Waals surface area contributed by atoms with Crippen LogP contribution in [0.25, 0.3) is 5.69 Å². The molecule has 1 N–H and O–H groups in total. The molecule has 2 aromatic carbocycles. The topological polar surface area (TPSA) is 73.2 Å². The van der Waals surface area contributed by atoms with Crippen LogP contribution in [-0.4, -0.2) is 34.5 Å². The van der Waals surface area contributed by atoms with Crippen LogP contribution < -0.4 is 5.32 Å². The molecule has 0 radical (unpaired) electrons. The van der Waals surface area contributed by atoms with E-state index in [1.54, 1.807) is 23.9 Å². The Morgan fingerprint density at radius 2 is 1.90 bits per heavy atom. The fourth-order valence-corrected chi connectivity index (χ4v) is 4.81. The first kappa shape index (κ1) is 20.2. The van der Waals surface area contributed by atoms with Gasteiger partial charge >= 0.3 is 5.97 Å². The number of methoxy groups -OCH3 is 1. The van der Waals surface area contributed by atoms with Crippen LogP contribution in [0.1, 0.15) is 44.9 Å². The van der Waals surface area contributed by atoms with Crippen LogP contribution in [0.5, 0.6) is 0 Å². The number of benzene rings is 2. The number of rotatable bonds is 4. The van der Waals surface area contributed by atoms with Gasteiger partial charge in [0, 0.05) is 5.56 Å². The minimum absolute atomic E-state index is 0.0544. The van der Waals surface area contributed by atoms with Gasteiger partial charge in [0.25, 0.3) is 0 Å². The van der Waals surface area contributed by atoms with E-state index in [0.29, 0.717) is 17.1 Å². The number of thioether (sulfide) groups is 1. The standard InChI is InChI=1S/C23H23N3O3S/c1-4-15-5-11-18(12-6-15)26-22-20(14(2)25-26)21(30-13-19(27)24-22)16-7-9-17(10-8-16)23(28)29-3/h5-12,21H,4,13H2,1-3H3,(H,24,27)/t21-/m0/s1. The summed E-state index contributed by atoms with van der Waals surface area (Å²) in [7, 11) is 1.37. The van der Waals surface area contributed by atoms with E-state index >= 15 is 0 Å². The Bertz CT molecular complexity index is 1090. The van der Waals surface area contributed by atoms with E-state index in [-0.39, 0.29) is 17.1 Å². The molecule has 2 heterocycles. The summed E-state index contributed by atoms with van der Waals surface area (Å²) < 4.78 is 6.60. The van der Waals surface area contributed by atoms with E-state index in [4.69, 9.17) is 9.84 Å². The van der Waals surface area contributed by atoms with Crippen molar-refractivity contribution in [3.63, 3.8) is 0 Å². The molecule has 1 aromatic heterocycles. The third kappa shape index (κ3) is 3.73. The molecule has 0 unspecified atom stereocenters. The van der Waals surface area contributed by atoms with Gasteiger partial charge in [-0.1, -0.05) is 31.2 Å². The van der Waals surface area contributed by atoms with Gasteiger partial charge in [0.1, 0.15) is 5.82 Å². The normalized spacial score (nSPS) is 15.8. The van der Waals surface area contributed by atoms with Crippen LogP contribution >= 0.6 is 11.8 Å². The van der Waals surface area contributed by atoms with E-state index in [1.165, 1.54) is 12.7 Å². The Kier molecular flexibility index (Phi) is 5.63. The number of nitrogens with one attached hydrogen (secondary N) is 1. The molecule has 7 heteroatoms. The number of carbonyl (C=O) groups excluding carboxylic acids is 2. The summed E-state index contributed by atoms with van der Waals surface area (Å²) in [6, 6.07) is 15.5. The fraction of sp³-hybridized carbons (Fsp3) is 0.261. The highest BCUT2D eigenvalue weighted by Gasteiger charge is 2.30. The maximum atomic E-state index is 12.5. The predicted octanol–water partition coefficient (Wildman–Crippen LogP) is 4.30. The molecule has 1 amide bonds. The molecule has 0 fully saturated rings. The summed E-state index contributed by atoms with van der Waals surface area (Å²) in [6.45, 7) is 4.08. The molecule has 30 heavy (non-hydrogen) atoms. The summed E-state index contributed by atoms with van der Waals surface area (Å²) in [5.74, 6) is 0.619. The Morgan fingerprint density at radius 1 is 1.20 bits per heavy atom. The number of aryl methyl sites for hydroxylation is 2. The van der Waals surface area contributed by atoms with E-state index in [1.807, 2.05) is 35.9 Å². The van der Waals surface area contributed by atoms with E-state index < -0.39 is 0 Å². The van der Waals surface area contributed by atoms with Crippen molar-refractivity contribution < 1.29 is 14.3 Å². The second-order valence-electron chi connectivity index (χ2n) is 7.13. The van der Waals surface area contributed by atoms with Gasteiger partial charge in [-0.25, -0.2) is 9.48 Å². The molecule has 1 atom stereocenters. The summed E-state index contributed by atoms with van der Waals surface area (Å²) >= 11 is 1.56. The number of carbonyl (C=O) groups is 2. The van der Waals surface area contributed by atoms with Crippen LogP contribution in [0, 0.1) is 6.92 Å². The second kappa shape index (κ2) is 8.36. The number of anilines is 1. The first-order chi connectivity index (χ1) is 14.5. The molecule has 0 bridgehead atoms. The van der Waals surface area contributed by atoms with Crippen molar-refractivity contribution in [3.8, 4) is 5.69 Å². The van der Waals surface area contributed by atoms with Crippen molar-refractivity contribution >= 4 is 29.5 Å². The van der Waals surface area contributed by atoms with Crippen molar-refractivity contribution in [1.29, 1.82) is 0 Å². The maximum absolute atomic E-state index is 12.5.